The smallest absolute Gasteiger partial charge is 0.149 e. The molecule has 0 fully saturated rings. The predicted molar refractivity (Wildman–Crippen MR) is 77.4 cm³/mol. The van der Waals surface area contributed by atoms with Crippen LogP contribution in [0.15, 0.2) is 18.2 Å². The van der Waals surface area contributed by atoms with Crippen molar-refractivity contribution in [2.24, 2.45) is 0 Å². The van der Waals surface area contributed by atoms with Gasteiger partial charge in [0, 0.05) is 24.9 Å². The molecule has 1 heterocycles. The molecule has 0 aliphatic carbocycles. The van der Waals surface area contributed by atoms with Gasteiger partial charge in [0.2, 0.25) is 0 Å². The van der Waals surface area contributed by atoms with Gasteiger partial charge in [0.25, 0.3) is 0 Å². The molecule has 1 unspecified atom stereocenters. The van der Waals surface area contributed by atoms with Crippen molar-refractivity contribution < 1.29 is 4.39 Å². The third kappa shape index (κ3) is 2.90. The van der Waals surface area contributed by atoms with E-state index in [0.29, 0.717) is 23.3 Å². The predicted octanol–water partition coefficient (Wildman–Crippen LogP) is 3.08. The Balaban J connectivity index is 2.56. The Labute approximate surface area is 118 Å². The summed E-state index contributed by atoms with van der Waals surface area (Å²) in [7, 11) is 4.01. The topological polar surface area (TPSA) is 21.1 Å². The highest BCUT2D eigenvalue weighted by molar-refractivity contribution is 6.17. The van der Waals surface area contributed by atoms with Gasteiger partial charge in [-0.1, -0.05) is 6.07 Å². The van der Waals surface area contributed by atoms with Crippen LogP contribution >= 0.6 is 11.6 Å². The first kappa shape index (κ1) is 14.3. The zero-order valence-corrected chi connectivity index (χ0v) is 12.3. The van der Waals surface area contributed by atoms with E-state index in [9.17, 15) is 4.39 Å². The molecule has 0 N–H and O–H groups in total. The van der Waals surface area contributed by atoms with Crippen LogP contribution in [0.2, 0.25) is 0 Å². The van der Waals surface area contributed by atoms with Gasteiger partial charge in [0.15, 0.2) is 0 Å². The molecule has 0 bridgehead atoms. The lowest BCUT2D eigenvalue weighted by Gasteiger charge is -2.21. The van der Waals surface area contributed by atoms with Gasteiger partial charge in [-0.15, -0.1) is 11.6 Å². The van der Waals surface area contributed by atoms with E-state index in [0.717, 1.165) is 12.4 Å². The van der Waals surface area contributed by atoms with Gasteiger partial charge < -0.3 is 9.47 Å². The van der Waals surface area contributed by atoms with Crippen LogP contribution in [0.25, 0.3) is 11.0 Å². The van der Waals surface area contributed by atoms with Crippen molar-refractivity contribution in [1.29, 1.82) is 0 Å². The number of likely N-dealkylation sites (N-methyl/N-ethyl adjacent to an activating group) is 1. The molecule has 19 heavy (non-hydrogen) atoms. The van der Waals surface area contributed by atoms with Crippen molar-refractivity contribution in [3.05, 3.63) is 29.8 Å². The molecule has 0 aliphatic rings. The monoisotopic (exact) mass is 283 g/mol. The standard InChI is InChI=1S/C14H19ClFN3/c1-10(9-18(2)3)19-13(7-8-15)17-12-6-4-5-11(16)14(12)19/h4-6,10H,7-9H2,1-3H3. The fourth-order valence-corrected chi connectivity index (χ4v) is 2.67. The van der Waals surface area contributed by atoms with Crippen LogP contribution in [0.3, 0.4) is 0 Å². The highest BCUT2D eigenvalue weighted by Gasteiger charge is 2.18. The normalized spacial score (nSPS) is 13.4. The Morgan fingerprint density at radius 1 is 1.42 bits per heavy atom. The average molecular weight is 284 g/mol. The maximum Gasteiger partial charge on any atom is 0.149 e. The summed E-state index contributed by atoms with van der Waals surface area (Å²) in [5, 5.41) is 0. The molecule has 1 aromatic heterocycles. The minimum absolute atomic E-state index is 0.148. The maximum atomic E-state index is 14.1. The Bertz CT molecular complexity index is 565. The number of hydrogen-bond donors (Lipinski definition) is 0. The number of aryl methyl sites for hydroxylation is 1. The molecule has 0 spiro atoms. The van der Waals surface area contributed by atoms with E-state index in [1.807, 2.05) is 24.7 Å². The van der Waals surface area contributed by atoms with E-state index < -0.39 is 0 Å². The fourth-order valence-electron chi connectivity index (χ4n) is 2.50. The largest absolute Gasteiger partial charge is 0.321 e. The van der Waals surface area contributed by atoms with Gasteiger partial charge in [-0.25, -0.2) is 9.37 Å². The quantitative estimate of drug-likeness (QED) is 0.787. The summed E-state index contributed by atoms with van der Waals surface area (Å²) in [5.74, 6) is 1.11. The van der Waals surface area contributed by atoms with Gasteiger partial charge in [0.05, 0.1) is 5.52 Å². The number of alkyl halides is 1. The first-order valence-corrected chi connectivity index (χ1v) is 6.94. The van der Waals surface area contributed by atoms with E-state index >= 15 is 0 Å². The Kier molecular flexibility index (Phi) is 4.42. The Morgan fingerprint density at radius 2 is 2.16 bits per heavy atom. The highest BCUT2D eigenvalue weighted by Crippen LogP contribution is 2.24. The third-order valence-electron chi connectivity index (χ3n) is 3.12. The number of para-hydroxylation sites is 1. The van der Waals surface area contributed by atoms with Crippen LogP contribution in [0.5, 0.6) is 0 Å². The zero-order valence-electron chi connectivity index (χ0n) is 11.5. The van der Waals surface area contributed by atoms with Crippen LogP contribution < -0.4 is 0 Å². The summed E-state index contributed by atoms with van der Waals surface area (Å²) >= 11 is 5.83. The number of benzene rings is 1. The molecule has 2 aromatic rings. The number of hydrogen-bond acceptors (Lipinski definition) is 2. The van der Waals surface area contributed by atoms with Gasteiger partial charge in [0.1, 0.15) is 17.2 Å². The summed E-state index contributed by atoms with van der Waals surface area (Å²) in [6.45, 7) is 2.90. The minimum Gasteiger partial charge on any atom is -0.321 e. The summed E-state index contributed by atoms with van der Waals surface area (Å²) in [5.41, 5.74) is 1.28. The SMILES string of the molecule is CC(CN(C)C)n1c(CCCl)nc2cccc(F)c21. The highest BCUT2D eigenvalue weighted by atomic mass is 35.5. The summed E-state index contributed by atoms with van der Waals surface area (Å²) in [6.07, 6.45) is 0.646. The maximum absolute atomic E-state index is 14.1. The van der Waals surface area contributed by atoms with Crippen LogP contribution in [0.4, 0.5) is 4.39 Å². The molecule has 0 saturated carbocycles. The van der Waals surface area contributed by atoms with Gasteiger partial charge in [-0.05, 0) is 33.2 Å². The van der Waals surface area contributed by atoms with Crippen molar-refractivity contribution in [1.82, 2.24) is 14.5 Å². The van der Waals surface area contributed by atoms with Gasteiger partial charge >= 0.3 is 0 Å². The number of rotatable bonds is 5. The number of aromatic nitrogens is 2. The molecule has 0 amide bonds. The molecule has 2 rings (SSSR count). The molecule has 0 saturated heterocycles. The minimum atomic E-state index is -0.226. The lowest BCUT2D eigenvalue weighted by Crippen LogP contribution is -2.24. The lowest BCUT2D eigenvalue weighted by molar-refractivity contribution is 0.336. The molecule has 104 valence electrons. The van der Waals surface area contributed by atoms with Crippen LogP contribution in [0.1, 0.15) is 18.8 Å². The van der Waals surface area contributed by atoms with E-state index in [2.05, 4.69) is 16.8 Å². The lowest BCUT2D eigenvalue weighted by atomic mass is 10.2. The summed E-state index contributed by atoms with van der Waals surface area (Å²) in [6, 6.07) is 5.16. The second kappa shape index (κ2) is 5.88. The number of halogens is 2. The molecule has 3 nitrogen and oxygen atoms in total. The van der Waals surface area contributed by atoms with Crippen molar-refractivity contribution >= 4 is 22.6 Å². The molecular formula is C14H19ClFN3. The van der Waals surface area contributed by atoms with Crippen molar-refractivity contribution in [2.75, 3.05) is 26.5 Å². The molecule has 1 aromatic carbocycles. The zero-order chi connectivity index (χ0) is 14.0. The average Bonchev–Trinajstić information content (AvgIpc) is 2.68. The van der Waals surface area contributed by atoms with E-state index in [-0.39, 0.29) is 11.9 Å². The number of imidazole rings is 1. The van der Waals surface area contributed by atoms with Gasteiger partial charge in [-0.3, -0.25) is 0 Å². The van der Waals surface area contributed by atoms with E-state index in [4.69, 9.17) is 11.6 Å². The fraction of sp³-hybridized carbons (Fsp3) is 0.500. The summed E-state index contributed by atoms with van der Waals surface area (Å²) < 4.78 is 16.1. The second-order valence-electron chi connectivity index (χ2n) is 5.06. The van der Waals surface area contributed by atoms with Crippen LogP contribution in [-0.2, 0) is 6.42 Å². The molecule has 1 atom stereocenters. The van der Waals surface area contributed by atoms with Crippen molar-refractivity contribution in [2.45, 2.75) is 19.4 Å². The first-order valence-electron chi connectivity index (χ1n) is 6.40. The molecule has 5 heteroatoms. The number of nitrogens with zero attached hydrogens (tertiary/aromatic N) is 3. The Morgan fingerprint density at radius 3 is 2.79 bits per heavy atom. The molecule has 0 aliphatic heterocycles. The Hall–Kier alpha value is -1.13. The van der Waals surface area contributed by atoms with Gasteiger partial charge in [-0.2, -0.15) is 0 Å². The second-order valence-corrected chi connectivity index (χ2v) is 5.43. The summed E-state index contributed by atoms with van der Waals surface area (Å²) in [4.78, 5) is 6.60. The van der Waals surface area contributed by atoms with Crippen LogP contribution in [-0.4, -0.2) is 41.0 Å². The first-order chi connectivity index (χ1) is 9.04. The molecule has 0 radical (unpaired) electrons. The third-order valence-corrected chi connectivity index (χ3v) is 3.31. The van der Waals surface area contributed by atoms with Crippen molar-refractivity contribution in [3.8, 4) is 0 Å². The van der Waals surface area contributed by atoms with Crippen molar-refractivity contribution in [3.63, 3.8) is 0 Å². The molecular weight excluding hydrogens is 265 g/mol. The van der Waals surface area contributed by atoms with Crippen LogP contribution in [0, 0.1) is 5.82 Å². The van der Waals surface area contributed by atoms with E-state index in [1.54, 1.807) is 6.07 Å². The van der Waals surface area contributed by atoms with E-state index in [1.165, 1.54) is 6.07 Å². The number of fused-ring (bicyclic) bond motifs is 1.